The predicted molar refractivity (Wildman–Crippen MR) is 189 cm³/mol. The zero-order valence-electron chi connectivity index (χ0n) is 26.9. The summed E-state index contributed by atoms with van der Waals surface area (Å²) in [5.41, 5.74) is 3.87. The number of rotatable bonds is 12. The van der Waals surface area contributed by atoms with Crippen LogP contribution in [0.1, 0.15) is 33.0 Å². The van der Waals surface area contributed by atoms with Crippen molar-refractivity contribution in [3.05, 3.63) is 123 Å². The molecule has 0 aliphatic rings. The highest BCUT2D eigenvalue weighted by Crippen LogP contribution is 2.36. The van der Waals surface area contributed by atoms with Gasteiger partial charge in [0.2, 0.25) is 11.8 Å². The minimum Gasteiger partial charge on any atom is -0.487 e. The number of hydrogen-bond donors (Lipinski definition) is 2. The molecule has 0 aliphatic heterocycles. The van der Waals surface area contributed by atoms with E-state index >= 15 is 0 Å². The number of para-hydroxylation sites is 1. The molecule has 11 nitrogen and oxygen atoms in total. The van der Waals surface area contributed by atoms with Crippen molar-refractivity contribution in [2.24, 2.45) is 0 Å². The molecule has 3 aromatic heterocycles. The number of ether oxygens (including phenoxy) is 2. The minimum atomic E-state index is -0.488. The fraction of sp³-hybridized carbons (Fsp3) is 0.167. The summed E-state index contributed by atoms with van der Waals surface area (Å²) in [7, 11) is 3.06. The second kappa shape index (κ2) is 16.1. The first-order valence-electron chi connectivity index (χ1n) is 15.1. The molecule has 0 saturated carbocycles. The number of hydrogen-bond acceptors (Lipinski definition) is 8. The molecule has 49 heavy (non-hydrogen) atoms. The zero-order valence-corrected chi connectivity index (χ0v) is 28.4. The van der Waals surface area contributed by atoms with E-state index in [2.05, 4.69) is 20.6 Å². The molecule has 0 saturated heterocycles. The second-order valence-electron chi connectivity index (χ2n) is 10.7. The van der Waals surface area contributed by atoms with Gasteiger partial charge in [0, 0.05) is 60.3 Å². The summed E-state index contributed by atoms with van der Waals surface area (Å²) in [6, 6.07) is 19.5. The van der Waals surface area contributed by atoms with Crippen molar-refractivity contribution in [2.75, 3.05) is 25.5 Å². The standard InChI is InChI=1S/C36H32Cl2N6O5/c1-22-17-31(48-20-24-7-4-5-16-40-24)25-8-6-9-30(35(25)43-22)49-21-26-27(37)12-14-29(34(26)38)44(3)33(46)19-42-32(45)15-11-23-10-13-28(41-18-23)36(47)39-2/h4-18H,19-21H2,1-3H3,(H,39,47)(H,42,45)/b15-11+. The fourth-order valence-corrected chi connectivity index (χ4v) is 5.33. The van der Waals surface area contributed by atoms with Crippen LogP contribution in [0.15, 0.2) is 85.2 Å². The Balaban J connectivity index is 1.24. The molecular weight excluding hydrogens is 667 g/mol. The Morgan fingerprint density at radius 2 is 1.76 bits per heavy atom. The summed E-state index contributed by atoms with van der Waals surface area (Å²) in [4.78, 5) is 51.5. The monoisotopic (exact) mass is 698 g/mol. The number of likely N-dealkylation sites (N-methyl/N-ethyl adjacent to an activating group) is 1. The highest BCUT2D eigenvalue weighted by Gasteiger charge is 2.20. The Hall–Kier alpha value is -5.52. The zero-order chi connectivity index (χ0) is 34.9. The SMILES string of the molecule is CNC(=O)c1ccc(/C=C/C(=O)NCC(=O)N(C)c2ccc(Cl)c(COc3cccc4c(OCc5ccccn5)cc(C)nc34)c2Cl)cn1. The van der Waals surface area contributed by atoms with E-state index in [-0.39, 0.29) is 29.8 Å². The summed E-state index contributed by atoms with van der Waals surface area (Å²) >= 11 is 13.3. The van der Waals surface area contributed by atoms with Crippen molar-refractivity contribution in [2.45, 2.75) is 20.1 Å². The third-order valence-corrected chi connectivity index (χ3v) is 8.13. The van der Waals surface area contributed by atoms with Crippen LogP contribution in [0, 0.1) is 6.92 Å². The molecule has 2 aromatic carbocycles. The molecule has 3 heterocycles. The number of nitrogens with one attached hydrogen (secondary N) is 2. The molecule has 0 unspecified atom stereocenters. The maximum Gasteiger partial charge on any atom is 0.269 e. The average Bonchev–Trinajstić information content (AvgIpc) is 3.12. The van der Waals surface area contributed by atoms with Gasteiger partial charge in [-0.1, -0.05) is 41.4 Å². The molecule has 0 radical (unpaired) electrons. The quantitative estimate of drug-likeness (QED) is 0.153. The normalized spacial score (nSPS) is 11.0. The van der Waals surface area contributed by atoms with Crippen LogP contribution in [0.2, 0.25) is 10.0 Å². The molecule has 0 bridgehead atoms. The van der Waals surface area contributed by atoms with Crippen molar-refractivity contribution >= 4 is 63.6 Å². The Kier molecular flexibility index (Phi) is 11.4. The van der Waals surface area contributed by atoms with Gasteiger partial charge in [-0.3, -0.25) is 24.4 Å². The first-order valence-corrected chi connectivity index (χ1v) is 15.8. The van der Waals surface area contributed by atoms with Crippen LogP contribution < -0.4 is 25.0 Å². The summed E-state index contributed by atoms with van der Waals surface area (Å²) in [6.45, 7) is 1.87. The van der Waals surface area contributed by atoms with Crippen molar-refractivity contribution < 1.29 is 23.9 Å². The number of halogens is 2. The number of amides is 3. The number of aromatic nitrogens is 3. The number of anilines is 1. The van der Waals surface area contributed by atoms with Crippen LogP contribution in [-0.2, 0) is 22.8 Å². The smallest absolute Gasteiger partial charge is 0.269 e. The summed E-state index contributed by atoms with van der Waals surface area (Å²) in [6.07, 6.45) is 5.98. The lowest BCUT2D eigenvalue weighted by atomic mass is 10.1. The molecule has 250 valence electrons. The van der Waals surface area contributed by atoms with Gasteiger partial charge in [0.1, 0.15) is 35.9 Å². The van der Waals surface area contributed by atoms with Crippen molar-refractivity contribution in [1.29, 1.82) is 0 Å². The molecule has 13 heteroatoms. The fourth-order valence-electron chi connectivity index (χ4n) is 4.72. The Labute approximate surface area is 292 Å². The minimum absolute atomic E-state index is 0.00706. The van der Waals surface area contributed by atoms with Gasteiger partial charge in [-0.05, 0) is 61.0 Å². The molecule has 5 aromatic rings. The van der Waals surface area contributed by atoms with Crippen LogP contribution in [-0.4, -0.2) is 53.3 Å². The van der Waals surface area contributed by atoms with E-state index in [1.165, 1.54) is 30.3 Å². The van der Waals surface area contributed by atoms with E-state index in [0.29, 0.717) is 45.5 Å². The molecular formula is C36H32Cl2N6O5. The summed E-state index contributed by atoms with van der Waals surface area (Å²) in [5.74, 6) is -0.0714. The van der Waals surface area contributed by atoms with Gasteiger partial charge in [0.15, 0.2) is 0 Å². The van der Waals surface area contributed by atoms with Crippen molar-refractivity contribution in [3.8, 4) is 11.5 Å². The predicted octanol–water partition coefficient (Wildman–Crippen LogP) is 5.95. The maximum atomic E-state index is 13.0. The van der Waals surface area contributed by atoms with Gasteiger partial charge in [-0.15, -0.1) is 0 Å². The van der Waals surface area contributed by atoms with Gasteiger partial charge in [-0.2, -0.15) is 0 Å². The van der Waals surface area contributed by atoms with Crippen LogP contribution >= 0.6 is 23.2 Å². The number of fused-ring (bicyclic) bond motifs is 1. The molecule has 5 rings (SSSR count). The van der Waals surface area contributed by atoms with E-state index in [9.17, 15) is 14.4 Å². The van der Waals surface area contributed by atoms with Crippen LogP contribution in [0.5, 0.6) is 11.5 Å². The third-order valence-electron chi connectivity index (χ3n) is 7.35. The first kappa shape index (κ1) is 34.8. The van der Waals surface area contributed by atoms with E-state index in [1.54, 1.807) is 43.6 Å². The van der Waals surface area contributed by atoms with Crippen LogP contribution in [0.25, 0.3) is 17.0 Å². The topological polar surface area (TPSA) is 136 Å². The Morgan fingerprint density at radius 1 is 0.939 bits per heavy atom. The summed E-state index contributed by atoms with van der Waals surface area (Å²) < 4.78 is 12.3. The van der Waals surface area contributed by atoms with Crippen LogP contribution in [0.3, 0.4) is 0 Å². The molecule has 0 atom stereocenters. The largest absolute Gasteiger partial charge is 0.487 e. The van der Waals surface area contributed by atoms with Gasteiger partial charge in [0.05, 0.1) is 22.9 Å². The number of benzene rings is 2. The van der Waals surface area contributed by atoms with Gasteiger partial charge >= 0.3 is 0 Å². The highest BCUT2D eigenvalue weighted by molar-refractivity contribution is 6.38. The van der Waals surface area contributed by atoms with Gasteiger partial charge < -0.3 is 25.0 Å². The number of nitrogens with zero attached hydrogens (tertiary/aromatic N) is 4. The second-order valence-corrected chi connectivity index (χ2v) is 11.5. The van der Waals surface area contributed by atoms with E-state index in [0.717, 1.165) is 16.8 Å². The lowest BCUT2D eigenvalue weighted by Crippen LogP contribution is -2.37. The number of carbonyl (C=O) groups excluding carboxylic acids is 3. The Bertz CT molecular complexity index is 2020. The number of pyridine rings is 3. The Morgan fingerprint density at radius 3 is 2.49 bits per heavy atom. The van der Waals surface area contributed by atoms with Crippen molar-refractivity contribution in [1.82, 2.24) is 25.6 Å². The van der Waals surface area contributed by atoms with Crippen LogP contribution in [0.4, 0.5) is 5.69 Å². The average molecular weight is 700 g/mol. The third kappa shape index (κ3) is 8.69. The number of aryl methyl sites for hydroxylation is 1. The van der Waals surface area contributed by atoms with Gasteiger partial charge in [-0.25, -0.2) is 4.98 Å². The van der Waals surface area contributed by atoms with Crippen molar-refractivity contribution in [3.63, 3.8) is 0 Å². The highest BCUT2D eigenvalue weighted by atomic mass is 35.5. The van der Waals surface area contributed by atoms with E-state index in [1.807, 2.05) is 43.3 Å². The lowest BCUT2D eigenvalue weighted by Gasteiger charge is -2.21. The summed E-state index contributed by atoms with van der Waals surface area (Å²) in [5, 5.41) is 6.40. The van der Waals surface area contributed by atoms with E-state index < -0.39 is 11.8 Å². The lowest BCUT2D eigenvalue weighted by molar-refractivity contribution is -0.122. The number of carbonyl (C=O) groups is 3. The molecule has 0 fully saturated rings. The molecule has 3 amide bonds. The van der Waals surface area contributed by atoms with E-state index in [4.69, 9.17) is 37.7 Å². The van der Waals surface area contributed by atoms with Gasteiger partial charge in [0.25, 0.3) is 5.91 Å². The molecule has 0 aliphatic carbocycles. The maximum absolute atomic E-state index is 13.0. The molecule has 0 spiro atoms. The molecule has 2 N–H and O–H groups in total. The first-order chi connectivity index (χ1) is 23.6.